The van der Waals surface area contributed by atoms with Gasteiger partial charge >= 0.3 is 0 Å². The van der Waals surface area contributed by atoms with Gasteiger partial charge in [-0.3, -0.25) is 0 Å². The van der Waals surface area contributed by atoms with E-state index in [1.807, 2.05) is 25.2 Å². The maximum absolute atomic E-state index is 14.4. The summed E-state index contributed by atoms with van der Waals surface area (Å²) in [4.78, 5) is 4.86. The topological polar surface area (TPSA) is 89.0 Å². The van der Waals surface area contributed by atoms with Crippen LogP contribution in [0, 0.1) is 5.82 Å². The molecule has 0 amide bonds. The van der Waals surface area contributed by atoms with Crippen LogP contribution in [-0.2, 0) is 13.6 Å². The van der Waals surface area contributed by atoms with E-state index in [2.05, 4.69) is 39.8 Å². The highest BCUT2D eigenvalue weighted by Gasteiger charge is 2.26. The average Bonchev–Trinajstić information content (AvgIpc) is 3.35. The van der Waals surface area contributed by atoms with Gasteiger partial charge in [0.15, 0.2) is 11.4 Å². The second-order valence-electron chi connectivity index (χ2n) is 10.9. The van der Waals surface area contributed by atoms with E-state index in [0.717, 1.165) is 65.5 Å². The molecule has 0 aliphatic heterocycles. The van der Waals surface area contributed by atoms with Crippen molar-refractivity contribution >= 4 is 11.1 Å². The summed E-state index contributed by atoms with van der Waals surface area (Å²) >= 11 is 0. The third-order valence-electron chi connectivity index (χ3n) is 8.00. The van der Waals surface area contributed by atoms with E-state index in [9.17, 15) is 9.50 Å². The molecule has 2 saturated carbocycles. The minimum atomic E-state index is -0.318. The van der Waals surface area contributed by atoms with Gasteiger partial charge in [-0.15, -0.1) is 10.2 Å². The molecule has 2 heterocycles. The van der Waals surface area contributed by atoms with Crippen molar-refractivity contribution in [2.45, 2.75) is 56.7 Å². The molecule has 0 radical (unpaired) electrons. The lowest BCUT2D eigenvalue weighted by molar-refractivity contribution is 0.148. The molecule has 2 fully saturated rings. The molecular formula is C31H30FN5O2. The summed E-state index contributed by atoms with van der Waals surface area (Å²) in [5.74, 6) is 1.36. The summed E-state index contributed by atoms with van der Waals surface area (Å²) in [7, 11) is 1.86. The fraction of sp³-hybridized carbons (Fsp3) is 0.323. The third kappa shape index (κ3) is 4.75. The number of oxazole rings is 1. The standard InChI is InChI=1S/C31H30FN5O2/c1-37-17-34-36-30(37)25-15-23(32)8-9-24(25)21-12-20(19-6-7-19)13-22(14-21)31-35-27-11-18(5-10-29(27)39-31)16-33-26-3-2-4-28(26)38/h5,8-15,17,19,26,28,33,38H,2-4,6-7,16H2,1H3/t26-,28+/m1/s1. The summed E-state index contributed by atoms with van der Waals surface area (Å²) in [6.07, 6.45) is 6.59. The molecule has 2 atom stereocenters. The molecule has 3 aromatic carbocycles. The molecule has 0 saturated heterocycles. The minimum absolute atomic E-state index is 0.148. The van der Waals surface area contributed by atoms with Crippen molar-refractivity contribution in [2.24, 2.45) is 7.05 Å². The highest BCUT2D eigenvalue weighted by atomic mass is 19.1. The zero-order valence-corrected chi connectivity index (χ0v) is 21.8. The Morgan fingerprint density at radius 3 is 2.64 bits per heavy atom. The number of aliphatic hydroxyl groups is 1. The van der Waals surface area contributed by atoms with Crippen molar-refractivity contribution < 1.29 is 13.9 Å². The molecule has 5 aromatic rings. The molecule has 7 rings (SSSR count). The van der Waals surface area contributed by atoms with Crippen molar-refractivity contribution in [2.75, 3.05) is 0 Å². The first-order chi connectivity index (χ1) is 19.0. The summed E-state index contributed by atoms with van der Waals surface area (Å²) in [5.41, 5.74) is 7.31. The fourth-order valence-corrected chi connectivity index (χ4v) is 5.70. The molecule has 7 nitrogen and oxygen atoms in total. The van der Waals surface area contributed by atoms with Gasteiger partial charge in [0.1, 0.15) is 17.7 Å². The Bertz CT molecular complexity index is 1670. The molecule has 2 aromatic heterocycles. The quantitative estimate of drug-likeness (QED) is 0.273. The van der Waals surface area contributed by atoms with Crippen LogP contribution in [-0.4, -0.2) is 37.0 Å². The molecule has 2 aliphatic rings. The smallest absolute Gasteiger partial charge is 0.227 e. The zero-order chi connectivity index (χ0) is 26.5. The van der Waals surface area contributed by atoms with Crippen molar-refractivity contribution in [1.82, 2.24) is 25.1 Å². The van der Waals surface area contributed by atoms with Gasteiger partial charge in [0, 0.05) is 30.8 Å². The van der Waals surface area contributed by atoms with Gasteiger partial charge in [-0.1, -0.05) is 18.2 Å². The summed E-state index contributed by atoms with van der Waals surface area (Å²) in [6, 6.07) is 17.4. The molecule has 2 aliphatic carbocycles. The molecule has 2 N–H and O–H groups in total. The molecule has 8 heteroatoms. The molecule has 39 heavy (non-hydrogen) atoms. The summed E-state index contributed by atoms with van der Waals surface area (Å²) in [5, 5.41) is 21.8. The lowest BCUT2D eigenvalue weighted by Crippen LogP contribution is -2.34. The number of nitrogens with one attached hydrogen (secondary N) is 1. The predicted molar refractivity (Wildman–Crippen MR) is 147 cm³/mol. The van der Waals surface area contributed by atoms with E-state index in [4.69, 9.17) is 9.40 Å². The monoisotopic (exact) mass is 523 g/mol. The van der Waals surface area contributed by atoms with Gasteiger partial charge < -0.3 is 19.4 Å². The van der Waals surface area contributed by atoms with Crippen molar-refractivity contribution in [3.05, 3.63) is 77.9 Å². The van der Waals surface area contributed by atoms with Crippen LogP contribution in [0.2, 0.25) is 0 Å². The Labute approximate surface area is 225 Å². The predicted octanol–water partition coefficient (Wildman–Crippen LogP) is 5.98. The summed E-state index contributed by atoms with van der Waals surface area (Å²) in [6.45, 7) is 0.677. The molecule has 0 unspecified atom stereocenters. The Morgan fingerprint density at radius 1 is 1.00 bits per heavy atom. The van der Waals surface area contributed by atoms with E-state index < -0.39 is 0 Å². The second-order valence-corrected chi connectivity index (χ2v) is 10.9. The van der Waals surface area contributed by atoms with Crippen LogP contribution in [0.1, 0.15) is 49.1 Å². The molecule has 0 bridgehead atoms. The number of hydrogen-bond acceptors (Lipinski definition) is 6. The van der Waals surface area contributed by atoms with E-state index in [0.29, 0.717) is 29.7 Å². The molecule has 0 spiro atoms. The van der Waals surface area contributed by atoms with Gasteiger partial charge in [0.2, 0.25) is 5.89 Å². The van der Waals surface area contributed by atoms with Crippen LogP contribution in [0.5, 0.6) is 0 Å². The number of aryl methyl sites for hydroxylation is 1. The Hall–Kier alpha value is -3.88. The largest absolute Gasteiger partial charge is 0.436 e. The fourth-order valence-electron chi connectivity index (χ4n) is 5.70. The number of hydrogen-bond donors (Lipinski definition) is 2. The van der Waals surface area contributed by atoms with E-state index in [1.54, 1.807) is 10.9 Å². The van der Waals surface area contributed by atoms with Crippen LogP contribution in [0.3, 0.4) is 0 Å². The lowest BCUT2D eigenvalue weighted by atomic mass is 9.94. The number of nitrogens with zero attached hydrogens (tertiary/aromatic N) is 4. The Balaban J connectivity index is 1.26. The number of aromatic nitrogens is 4. The van der Waals surface area contributed by atoms with Crippen LogP contribution in [0.15, 0.2) is 65.3 Å². The van der Waals surface area contributed by atoms with Gasteiger partial charge in [0.05, 0.1) is 6.10 Å². The SMILES string of the molecule is Cn1cnnc1-c1cc(F)ccc1-c1cc(-c2nc3cc(CN[C@@H]4CCC[C@@H]4O)ccc3o2)cc(C2CC2)c1. The van der Waals surface area contributed by atoms with E-state index in [-0.39, 0.29) is 18.0 Å². The van der Waals surface area contributed by atoms with Crippen LogP contribution < -0.4 is 5.32 Å². The van der Waals surface area contributed by atoms with Crippen molar-refractivity contribution in [1.29, 1.82) is 0 Å². The second kappa shape index (κ2) is 9.70. The zero-order valence-electron chi connectivity index (χ0n) is 21.8. The van der Waals surface area contributed by atoms with Gasteiger partial charge in [-0.2, -0.15) is 0 Å². The third-order valence-corrected chi connectivity index (χ3v) is 8.00. The van der Waals surface area contributed by atoms with Crippen LogP contribution in [0.4, 0.5) is 4.39 Å². The Kier molecular flexibility index (Phi) is 6.01. The first kappa shape index (κ1) is 24.2. The maximum Gasteiger partial charge on any atom is 0.227 e. The van der Waals surface area contributed by atoms with Gasteiger partial charge in [-0.05, 0) is 96.7 Å². The highest BCUT2D eigenvalue weighted by Crippen LogP contribution is 2.44. The first-order valence-electron chi connectivity index (χ1n) is 13.6. The lowest BCUT2D eigenvalue weighted by Gasteiger charge is -2.16. The van der Waals surface area contributed by atoms with Crippen molar-refractivity contribution in [3.8, 4) is 34.0 Å². The van der Waals surface area contributed by atoms with Gasteiger partial charge in [-0.25, -0.2) is 9.37 Å². The minimum Gasteiger partial charge on any atom is -0.436 e. The van der Waals surface area contributed by atoms with E-state index in [1.165, 1.54) is 17.7 Å². The van der Waals surface area contributed by atoms with Crippen LogP contribution >= 0.6 is 0 Å². The number of benzene rings is 3. The molecular weight excluding hydrogens is 493 g/mol. The van der Waals surface area contributed by atoms with Crippen molar-refractivity contribution in [3.63, 3.8) is 0 Å². The highest BCUT2D eigenvalue weighted by molar-refractivity contribution is 5.84. The van der Waals surface area contributed by atoms with Gasteiger partial charge in [0.25, 0.3) is 0 Å². The molecule has 198 valence electrons. The van der Waals surface area contributed by atoms with E-state index >= 15 is 0 Å². The maximum atomic E-state index is 14.4. The number of aliphatic hydroxyl groups excluding tert-OH is 1. The summed E-state index contributed by atoms with van der Waals surface area (Å²) < 4.78 is 22.4. The first-order valence-corrected chi connectivity index (χ1v) is 13.6. The Morgan fingerprint density at radius 2 is 1.87 bits per heavy atom. The number of fused-ring (bicyclic) bond motifs is 1. The number of rotatable bonds is 7. The number of halogens is 1. The normalized spacial score (nSPS) is 19.3. The van der Waals surface area contributed by atoms with Crippen LogP contribution in [0.25, 0.3) is 45.1 Å². The average molecular weight is 524 g/mol.